The monoisotopic (exact) mass is 309 g/mol. The molecule has 0 fully saturated rings. The van der Waals surface area contributed by atoms with Gasteiger partial charge in [-0.3, -0.25) is 0 Å². The van der Waals surface area contributed by atoms with Crippen molar-refractivity contribution < 1.29 is 18.6 Å². The van der Waals surface area contributed by atoms with Gasteiger partial charge in [0.1, 0.15) is 5.75 Å². The topological polar surface area (TPSA) is 55.5 Å². The molecule has 0 heterocycles. The first kappa shape index (κ1) is 19.1. The largest absolute Gasteiger partial charge is 0.435 e. The second-order valence-electron chi connectivity index (χ2n) is 5.02. The molecule has 3 nitrogen and oxygen atoms in total. The molecule has 1 aromatic rings. The van der Waals surface area contributed by atoms with Crippen LogP contribution in [-0.2, 0) is 0 Å². The molecular weight excluding hydrogens is 288 g/mol. The fraction of sp³-hybridized carbons (Fsp3) is 0.571. The summed E-state index contributed by atoms with van der Waals surface area (Å²) in [6.45, 7) is 1.27. The zero-order valence-electron chi connectivity index (χ0n) is 11.6. The maximum absolute atomic E-state index is 12.1. The highest BCUT2D eigenvalue weighted by atomic mass is 35.5. The molecule has 1 aromatic carbocycles. The van der Waals surface area contributed by atoms with Crippen LogP contribution in [0, 0.1) is 5.92 Å². The number of halogens is 3. The van der Waals surface area contributed by atoms with Crippen molar-refractivity contribution in [2.45, 2.75) is 45.4 Å². The third kappa shape index (κ3) is 6.50. The van der Waals surface area contributed by atoms with Gasteiger partial charge in [-0.2, -0.15) is 8.78 Å². The summed E-state index contributed by atoms with van der Waals surface area (Å²) < 4.78 is 28.5. The summed E-state index contributed by atoms with van der Waals surface area (Å²) in [5.41, 5.74) is 6.52. The quantitative estimate of drug-likeness (QED) is 0.810. The molecule has 0 aliphatic heterocycles. The van der Waals surface area contributed by atoms with E-state index in [4.69, 9.17) is 5.73 Å². The Morgan fingerprint density at radius 2 is 1.90 bits per heavy atom. The molecule has 0 saturated carbocycles. The molecule has 0 spiro atoms. The first-order valence-corrected chi connectivity index (χ1v) is 6.38. The number of ether oxygens (including phenoxy) is 1. The minimum atomic E-state index is -2.86. The maximum Gasteiger partial charge on any atom is 0.387 e. The third-order valence-electron chi connectivity index (χ3n) is 2.92. The van der Waals surface area contributed by atoms with E-state index in [0.717, 1.165) is 6.42 Å². The second kappa shape index (κ2) is 9.10. The number of hydrogen-bond acceptors (Lipinski definition) is 3. The Bertz CT molecular complexity index is 391. The predicted molar refractivity (Wildman–Crippen MR) is 77.3 cm³/mol. The summed E-state index contributed by atoms with van der Waals surface area (Å²) >= 11 is 0. The van der Waals surface area contributed by atoms with Gasteiger partial charge >= 0.3 is 6.61 Å². The van der Waals surface area contributed by atoms with Gasteiger partial charge in [0, 0.05) is 0 Å². The van der Waals surface area contributed by atoms with Crippen LogP contribution < -0.4 is 10.5 Å². The molecule has 0 radical (unpaired) electrons. The summed E-state index contributed by atoms with van der Waals surface area (Å²) in [6, 6.07) is 5.56. The molecule has 20 heavy (non-hydrogen) atoms. The van der Waals surface area contributed by atoms with Gasteiger partial charge in [-0.15, -0.1) is 12.4 Å². The van der Waals surface area contributed by atoms with Gasteiger partial charge < -0.3 is 15.6 Å². The van der Waals surface area contributed by atoms with E-state index in [1.807, 2.05) is 0 Å². The highest BCUT2D eigenvalue weighted by Gasteiger charge is 2.18. The maximum atomic E-state index is 12.1. The van der Waals surface area contributed by atoms with Crippen molar-refractivity contribution >= 4 is 12.4 Å². The minimum Gasteiger partial charge on any atom is -0.435 e. The van der Waals surface area contributed by atoms with Crippen LogP contribution in [0.15, 0.2) is 24.3 Å². The van der Waals surface area contributed by atoms with Crippen LogP contribution in [-0.4, -0.2) is 17.8 Å². The molecule has 116 valence electrons. The van der Waals surface area contributed by atoms with Crippen LogP contribution in [0.3, 0.4) is 0 Å². The van der Waals surface area contributed by atoms with Gasteiger partial charge in [0.05, 0.1) is 12.1 Å². The van der Waals surface area contributed by atoms with Crippen LogP contribution >= 0.6 is 12.4 Å². The Morgan fingerprint density at radius 1 is 1.25 bits per heavy atom. The molecule has 0 aliphatic rings. The van der Waals surface area contributed by atoms with Crippen LogP contribution in [0.4, 0.5) is 8.78 Å². The molecule has 0 bridgehead atoms. The van der Waals surface area contributed by atoms with E-state index in [0.29, 0.717) is 17.9 Å². The van der Waals surface area contributed by atoms with Crippen LogP contribution in [0.25, 0.3) is 0 Å². The van der Waals surface area contributed by atoms with Crippen molar-refractivity contribution in [3.63, 3.8) is 0 Å². The van der Waals surface area contributed by atoms with E-state index in [1.165, 1.54) is 12.1 Å². The Morgan fingerprint density at radius 3 is 2.45 bits per heavy atom. The highest BCUT2D eigenvalue weighted by Crippen LogP contribution is 2.23. The average molecular weight is 310 g/mol. The van der Waals surface area contributed by atoms with Crippen molar-refractivity contribution in [2.24, 2.45) is 11.7 Å². The van der Waals surface area contributed by atoms with Crippen molar-refractivity contribution in [3.05, 3.63) is 29.8 Å². The van der Waals surface area contributed by atoms with Gasteiger partial charge in [0.2, 0.25) is 0 Å². The van der Waals surface area contributed by atoms with Crippen molar-refractivity contribution in [1.29, 1.82) is 0 Å². The van der Waals surface area contributed by atoms with Crippen molar-refractivity contribution in [3.8, 4) is 5.75 Å². The highest BCUT2D eigenvalue weighted by molar-refractivity contribution is 5.85. The van der Waals surface area contributed by atoms with E-state index in [2.05, 4.69) is 18.6 Å². The number of rotatable bonds is 7. The van der Waals surface area contributed by atoms with E-state index in [9.17, 15) is 13.9 Å². The van der Waals surface area contributed by atoms with Crippen molar-refractivity contribution in [1.82, 2.24) is 0 Å². The average Bonchev–Trinajstić information content (AvgIpc) is 2.34. The fourth-order valence-electron chi connectivity index (χ4n) is 1.80. The molecule has 0 saturated heterocycles. The summed E-state index contributed by atoms with van der Waals surface area (Å²) in [6.07, 6.45) is 0.755. The molecule has 6 heteroatoms. The molecule has 0 aliphatic carbocycles. The summed E-state index contributed by atoms with van der Waals surface area (Å²) in [5, 5.41) is 9.98. The summed E-state index contributed by atoms with van der Waals surface area (Å²) in [5.74, 6) is 0.536. The summed E-state index contributed by atoms with van der Waals surface area (Å²) in [7, 11) is 0. The molecule has 0 unspecified atom stereocenters. The molecular formula is C14H22ClF2NO2. The first-order chi connectivity index (χ1) is 8.90. The third-order valence-corrected chi connectivity index (χ3v) is 2.92. The Labute approximate surface area is 124 Å². The van der Waals surface area contributed by atoms with Crippen LogP contribution in [0.5, 0.6) is 5.75 Å². The zero-order valence-corrected chi connectivity index (χ0v) is 12.4. The van der Waals surface area contributed by atoms with Crippen molar-refractivity contribution in [2.75, 3.05) is 0 Å². The van der Waals surface area contributed by atoms with Gasteiger partial charge in [-0.25, -0.2) is 0 Å². The normalized spacial score (nSPS) is 14.0. The molecule has 0 aromatic heterocycles. The van der Waals surface area contributed by atoms with E-state index in [-0.39, 0.29) is 18.2 Å². The lowest BCUT2D eigenvalue weighted by Gasteiger charge is -2.20. The lowest BCUT2D eigenvalue weighted by molar-refractivity contribution is -0.0499. The van der Waals surface area contributed by atoms with E-state index in [1.54, 1.807) is 12.1 Å². The summed E-state index contributed by atoms with van der Waals surface area (Å²) in [4.78, 5) is 0. The van der Waals surface area contributed by atoms with E-state index >= 15 is 0 Å². The second-order valence-corrected chi connectivity index (χ2v) is 5.02. The first-order valence-electron chi connectivity index (χ1n) is 6.38. The van der Waals surface area contributed by atoms with Gasteiger partial charge in [0.15, 0.2) is 0 Å². The fourth-order valence-corrected chi connectivity index (χ4v) is 1.80. The zero-order chi connectivity index (χ0) is 14.4. The van der Waals surface area contributed by atoms with Gasteiger partial charge in [-0.1, -0.05) is 26.0 Å². The lowest BCUT2D eigenvalue weighted by atomic mass is 9.96. The number of nitrogens with two attached hydrogens (primary N) is 1. The van der Waals surface area contributed by atoms with Gasteiger partial charge in [-0.05, 0) is 36.5 Å². The van der Waals surface area contributed by atoms with Gasteiger partial charge in [0.25, 0.3) is 0 Å². The number of benzene rings is 1. The predicted octanol–water partition coefficient (Wildman–Crippen LogP) is 3.51. The molecule has 1 rings (SSSR count). The number of aliphatic hydroxyl groups is 1. The van der Waals surface area contributed by atoms with E-state index < -0.39 is 18.8 Å². The van der Waals surface area contributed by atoms with Crippen LogP contribution in [0.1, 0.15) is 38.3 Å². The molecule has 3 N–H and O–H groups in total. The lowest BCUT2D eigenvalue weighted by Crippen LogP contribution is -2.26. The number of aliphatic hydroxyl groups excluding tert-OH is 1. The Hall–Kier alpha value is -0.910. The van der Waals surface area contributed by atoms with Crippen LogP contribution in [0.2, 0.25) is 0 Å². The molecule has 0 amide bonds. The SMILES string of the molecule is CC(C)CC[C@@H](O)[C@@H](N)c1cccc(OC(F)F)c1.Cl. The Kier molecular flexibility index (Phi) is 8.69. The smallest absolute Gasteiger partial charge is 0.387 e. The standard InChI is InChI=1S/C14H21F2NO2.ClH/c1-9(2)6-7-12(18)13(17)10-4-3-5-11(8-10)19-14(15)16;/h3-5,8-9,12-14,18H,6-7,17H2,1-2H3;1H/t12-,13+;/m1./s1. The number of hydrogen-bond donors (Lipinski definition) is 2. The number of alkyl halides is 2. The Balaban J connectivity index is 0.00000361. The minimum absolute atomic E-state index is 0. The molecule has 2 atom stereocenters.